The van der Waals surface area contributed by atoms with Crippen LogP contribution >= 0.6 is 11.8 Å². The van der Waals surface area contributed by atoms with Gasteiger partial charge in [0.15, 0.2) is 5.17 Å². The molecule has 2 aromatic rings. The van der Waals surface area contributed by atoms with Gasteiger partial charge in [0.1, 0.15) is 11.0 Å². The number of thioether (sulfide) groups is 1. The summed E-state index contributed by atoms with van der Waals surface area (Å²) in [6.07, 6.45) is 1.30. The van der Waals surface area contributed by atoms with E-state index in [1.807, 2.05) is 6.92 Å². The molecule has 0 radical (unpaired) electrons. The molecule has 0 aliphatic carbocycles. The van der Waals surface area contributed by atoms with Gasteiger partial charge in [-0.15, -0.1) is 5.10 Å². The van der Waals surface area contributed by atoms with E-state index in [0.29, 0.717) is 23.6 Å². The number of anilines is 1. The summed E-state index contributed by atoms with van der Waals surface area (Å²) in [5.74, 6) is -0.0752. The highest BCUT2D eigenvalue weighted by Gasteiger charge is 2.40. The van der Waals surface area contributed by atoms with Crippen molar-refractivity contribution >= 4 is 46.3 Å². The third-order valence-electron chi connectivity index (χ3n) is 4.22. The van der Waals surface area contributed by atoms with Gasteiger partial charge >= 0.3 is 0 Å². The van der Waals surface area contributed by atoms with Crippen LogP contribution in [0.4, 0.5) is 11.4 Å². The molecule has 1 aliphatic heterocycles. The van der Waals surface area contributed by atoms with Gasteiger partial charge in [-0.1, -0.05) is 23.9 Å². The number of carbonyl (C=O) groups excluding carboxylic acids is 2. The SMILES string of the molecule is CCOc1ccc(N2C(=O)C[C@H](SC(N)=N/N=C\c3cccc([N+](=O)[O-])c3)C2=O)cc1. The highest BCUT2D eigenvalue weighted by Crippen LogP contribution is 2.30. The van der Waals surface area contributed by atoms with E-state index in [4.69, 9.17) is 10.5 Å². The van der Waals surface area contributed by atoms with Gasteiger partial charge in [0.2, 0.25) is 11.8 Å². The van der Waals surface area contributed by atoms with Gasteiger partial charge in [0.25, 0.3) is 5.69 Å². The summed E-state index contributed by atoms with van der Waals surface area (Å²) in [6.45, 7) is 2.38. The van der Waals surface area contributed by atoms with Gasteiger partial charge in [0.05, 0.1) is 23.4 Å². The number of hydrogen-bond acceptors (Lipinski definition) is 8. The molecule has 1 atom stereocenters. The molecule has 1 heterocycles. The smallest absolute Gasteiger partial charge is 0.270 e. The molecule has 160 valence electrons. The molecule has 0 bridgehead atoms. The third-order valence-corrected chi connectivity index (χ3v) is 5.19. The first kappa shape index (κ1) is 22.0. The normalized spacial score (nSPS) is 16.9. The van der Waals surface area contributed by atoms with Gasteiger partial charge < -0.3 is 10.5 Å². The fraction of sp³-hybridized carbons (Fsp3) is 0.200. The first-order chi connectivity index (χ1) is 14.9. The molecule has 1 fully saturated rings. The molecule has 0 saturated carbocycles. The van der Waals surface area contributed by atoms with Crippen molar-refractivity contribution in [1.82, 2.24) is 0 Å². The van der Waals surface area contributed by atoms with Gasteiger partial charge in [-0.25, -0.2) is 4.90 Å². The lowest BCUT2D eigenvalue weighted by atomic mass is 10.2. The van der Waals surface area contributed by atoms with Crippen molar-refractivity contribution in [3.8, 4) is 5.75 Å². The quantitative estimate of drug-likeness (QED) is 0.229. The maximum atomic E-state index is 12.7. The number of non-ortho nitro benzene ring substituents is 1. The van der Waals surface area contributed by atoms with E-state index in [-0.39, 0.29) is 29.1 Å². The Morgan fingerprint density at radius 1 is 1.32 bits per heavy atom. The number of rotatable bonds is 7. The van der Waals surface area contributed by atoms with Gasteiger partial charge in [0, 0.05) is 24.1 Å². The van der Waals surface area contributed by atoms with Crippen molar-refractivity contribution < 1.29 is 19.2 Å². The summed E-state index contributed by atoms with van der Waals surface area (Å²) in [5.41, 5.74) is 6.70. The molecular formula is C20H19N5O5S. The summed E-state index contributed by atoms with van der Waals surface area (Å²) in [4.78, 5) is 36.5. The predicted octanol–water partition coefficient (Wildman–Crippen LogP) is 2.71. The van der Waals surface area contributed by atoms with E-state index >= 15 is 0 Å². The Kier molecular flexibility index (Phi) is 6.98. The number of nitrogens with zero attached hydrogens (tertiary/aromatic N) is 4. The van der Waals surface area contributed by atoms with Crippen LogP contribution in [-0.2, 0) is 9.59 Å². The molecule has 0 aromatic heterocycles. The number of nitro benzene ring substituents is 1. The molecule has 1 saturated heterocycles. The van der Waals surface area contributed by atoms with E-state index < -0.39 is 10.2 Å². The van der Waals surface area contributed by atoms with Crippen LogP contribution in [0.3, 0.4) is 0 Å². The average molecular weight is 441 g/mol. The zero-order valence-electron chi connectivity index (χ0n) is 16.5. The molecule has 1 aliphatic rings. The van der Waals surface area contributed by atoms with E-state index in [1.165, 1.54) is 24.4 Å². The van der Waals surface area contributed by atoms with E-state index in [1.54, 1.807) is 30.3 Å². The maximum absolute atomic E-state index is 12.7. The Morgan fingerprint density at radius 3 is 2.74 bits per heavy atom. The Balaban J connectivity index is 1.64. The molecule has 10 nitrogen and oxygen atoms in total. The molecule has 0 unspecified atom stereocenters. The van der Waals surface area contributed by atoms with Crippen molar-refractivity contribution in [2.45, 2.75) is 18.6 Å². The molecule has 31 heavy (non-hydrogen) atoms. The van der Waals surface area contributed by atoms with E-state index in [9.17, 15) is 19.7 Å². The minimum atomic E-state index is -0.712. The van der Waals surface area contributed by atoms with Crippen LogP contribution in [0.2, 0.25) is 0 Å². The number of amidine groups is 1. The summed E-state index contributed by atoms with van der Waals surface area (Å²) in [6, 6.07) is 12.5. The van der Waals surface area contributed by atoms with Crippen LogP contribution in [0.25, 0.3) is 0 Å². The van der Waals surface area contributed by atoms with Crippen molar-refractivity contribution in [1.29, 1.82) is 0 Å². The van der Waals surface area contributed by atoms with Gasteiger partial charge in [-0.3, -0.25) is 19.7 Å². The molecule has 0 spiro atoms. The highest BCUT2D eigenvalue weighted by atomic mass is 32.2. The van der Waals surface area contributed by atoms with E-state index in [2.05, 4.69) is 10.2 Å². The third kappa shape index (κ3) is 5.45. The van der Waals surface area contributed by atoms with Crippen LogP contribution in [-0.4, -0.2) is 40.0 Å². The number of nitrogens with two attached hydrogens (primary N) is 1. The van der Waals surface area contributed by atoms with Gasteiger partial charge in [-0.2, -0.15) is 5.10 Å². The lowest BCUT2D eigenvalue weighted by Gasteiger charge is -2.15. The van der Waals surface area contributed by atoms with Crippen LogP contribution in [0.5, 0.6) is 5.75 Å². The molecule has 11 heteroatoms. The first-order valence-corrected chi connectivity index (χ1v) is 10.1. The minimum Gasteiger partial charge on any atom is -0.494 e. The van der Waals surface area contributed by atoms with Crippen molar-refractivity contribution in [3.05, 3.63) is 64.2 Å². The fourth-order valence-electron chi connectivity index (χ4n) is 2.87. The van der Waals surface area contributed by atoms with Crippen molar-refractivity contribution in [2.24, 2.45) is 15.9 Å². The zero-order valence-corrected chi connectivity index (χ0v) is 17.3. The highest BCUT2D eigenvalue weighted by molar-refractivity contribution is 8.14. The lowest BCUT2D eigenvalue weighted by molar-refractivity contribution is -0.384. The summed E-state index contributed by atoms with van der Waals surface area (Å²) >= 11 is 0.941. The van der Waals surface area contributed by atoms with Crippen molar-refractivity contribution in [2.75, 3.05) is 11.5 Å². The second-order valence-electron chi connectivity index (χ2n) is 6.34. The molecular weight excluding hydrogens is 422 g/mol. The van der Waals surface area contributed by atoms with Crippen LogP contribution in [0.15, 0.2) is 58.7 Å². The average Bonchev–Trinajstić information content (AvgIpc) is 3.02. The monoisotopic (exact) mass is 441 g/mol. The minimum absolute atomic E-state index is 0.00127. The predicted molar refractivity (Wildman–Crippen MR) is 118 cm³/mol. The number of hydrogen-bond donors (Lipinski definition) is 1. The molecule has 3 rings (SSSR count). The Hall–Kier alpha value is -3.73. The number of ether oxygens (including phenoxy) is 1. The standard InChI is InChI=1S/C20H19N5O5S/c1-2-30-16-8-6-14(7-9-16)24-18(26)11-17(19(24)27)31-20(21)23-22-12-13-4-3-5-15(10-13)25(28)29/h3-10,12,17H,2,11H2,1H3,(H2,21,23)/b22-12-/t17-/m0/s1. The maximum Gasteiger partial charge on any atom is 0.270 e. The Bertz CT molecular complexity index is 1050. The molecule has 2 amide bonds. The Labute approximate surface area is 181 Å². The van der Waals surface area contributed by atoms with Crippen LogP contribution in [0.1, 0.15) is 18.9 Å². The van der Waals surface area contributed by atoms with E-state index in [0.717, 1.165) is 16.7 Å². The number of carbonyl (C=O) groups is 2. The summed E-state index contributed by atoms with van der Waals surface area (Å²) in [7, 11) is 0. The fourth-order valence-corrected chi connectivity index (χ4v) is 3.68. The summed E-state index contributed by atoms with van der Waals surface area (Å²) in [5, 5.41) is 17.7. The van der Waals surface area contributed by atoms with Crippen LogP contribution < -0.4 is 15.4 Å². The van der Waals surface area contributed by atoms with Gasteiger partial charge in [-0.05, 0) is 31.2 Å². The second-order valence-corrected chi connectivity index (χ2v) is 7.56. The first-order valence-electron chi connectivity index (χ1n) is 9.26. The number of amides is 2. The van der Waals surface area contributed by atoms with Crippen LogP contribution in [0, 0.1) is 10.1 Å². The zero-order chi connectivity index (χ0) is 22.4. The Morgan fingerprint density at radius 2 is 2.06 bits per heavy atom. The second kappa shape index (κ2) is 9.85. The molecule has 2 aromatic carbocycles. The lowest BCUT2D eigenvalue weighted by Crippen LogP contribution is -2.31. The number of benzene rings is 2. The number of imide groups is 1. The molecule has 2 N–H and O–H groups in total. The largest absolute Gasteiger partial charge is 0.494 e. The van der Waals surface area contributed by atoms with Crippen molar-refractivity contribution in [3.63, 3.8) is 0 Å². The summed E-state index contributed by atoms with van der Waals surface area (Å²) < 4.78 is 5.37. The topological polar surface area (TPSA) is 140 Å². The number of nitro groups is 1.